The number of carbonyl (C=O) groups excluding carboxylic acids is 2. The summed E-state index contributed by atoms with van der Waals surface area (Å²) in [4.78, 5) is 30.4. The van der Waals surface area contributed by atoms with Crippen molar-refractivity contribution in [3.8, 4) is 11.3 Å². The van der Waals surface area contributed by atoms with Crippen molar-refractivity contribution in [1.82, 2.24) is 24.9 Å². The van der Waals surface area contributed by atoms with Gasteiger partial charge >= 0.3 is 0 Å². The standard InChI is InChI=1S/C26H33N5O4S/c1-4-5-17-28-26(33)24-23(20-12-8-6-9-13-20)29-25(31(24)18-16-22(32)27-3)19(2)30-36(34,35)21-14-10-7-11-15-21/h6-15,19,30H,4-5,16-18H2,1-3H3,(H,27,32)(H,28,33). The van der Waals surface area contributed by atoms with Crippen LogP contribution in [0, 0.1) is 0 Å². The highest BCUT2D eigenvalue weighted by Gasteiger charge is 2.29. The molecule has 0 aliphatic rings. The Morgan fingerprint density at radius 2 is 1.67 bits per heavy atom. The minimum Gasteiger partial charge on any atom is -0.359 e. The number of imidazole rings is 1. The summed E-state index contributed by atoms with van der Waals surface area (Å²) in [7, 11) is -2.31. The van der Waals surface area contributed by atoms with E-state index in [-0.39, 0.29) is 29.7 Å². The second-order valence-electron chi connectivity index (χ2n) is 8.37. The van der Waals surface area contributed by atoms with Crippen molar-refractivity contribution in [2.75, 3.05) is 13.6 Å². The molecule has 1 heterocycles. The Morgan fingerprint density at radius 3 is 2.28 bits per heavy atom. The largest absolute Gasteiger partial charge is 0.359 e. The predicted molar refractivity (Wildman–Crippen MR) is 139 cm³/mol. The summed E-state index contributed by atoms with van der Waals surface area (Å²) in [5, 5.41) is 5.53. The van der Waals surface area contributed by atoms with E-state index in [2.05, 4.69) is 15.4 Å². The summed E-state index contributed by atoms with van der Waals surface area (Å²) < 4.78 is 30.4. The maximum Gasteiger partial charge on any atom is 0.270 e. The Morgan fingerprint density at radius 1 is 1.03 bits per heavy atom. The molecule has 0 spiro atoms. The summed E-state index contributed by atoms with van der Waals surface area (Å²) >= 11 is 0. The van der Waals surface area contributed by atoms with Crippen molar-refractivity contribution in [2.45, 2.75) is 50.6 Å². The Hall–Kier alpha value is -3.50. The molecule has 0 aliphatic heterocycles. The number of carbonyl (C=O) groups is 2. The molecule has 1 atom stereocenters. The van der Waals surface area contributed by atoms with Crippen molar-refractivity contribution in [1.29, 1.82) is 0 Å². The van der Waals surface area contributed by atoms with E-state index in [1.54, 1.807) is 36.7 Å². The van der Waals surface area contributed by atoms with Crippen LogP contribution >= 0.6 is 0 Å². The fourth-order valence-corrected chi connectivity index (χ4v) is 5.03. The highest BCUT2D eigenvalue weighted by Crippen LogP contribution is 2.28. The van der Waals surface area contributed by atoms with Crippen LogP contribution in [0.2, 0.25) is 0 Å². The number of aromatic nitrogens is 2. The minimum atomic E-state index is -3.85. The average Bonchev–Trinajstić information content (AvgIpc) is 3.28. The van der Waals surface area contributed by atoms with Gasteiger partial charge in [-0.15, -0.1) is 0 Å². The molecule has 10 heteroatoms. The second kappa shape index (κ2) is 12.5. The third-order valence-corrected chi connectivity index (χ3v) is 7.25. The van der Waals surface area contributed by atoms with E-state index in [1.165, 1.54) is 12.1 Å². The van der Waals surface area contributed by atoms with Crippen LogP contribution in [0.15, 0.2) is 65.6 Å². The van der Waals surface area contributed by atoms with Crippen LogP contribution in [-0.2, 0) is 21.4 Å². The van der Waals surface area contributed by atoms with E-state index >= 15 is 0 Å². The zero-order chi connectivity index (χ0) is 26.1. The normalized spacial score (nSPS) is 12.2. The van der Waals surface area contributed by atoms with Gasteiger partial charge < -0.3 is 15.2 Å². The molecule has 0 bridgehead atoms. The first-order chi connectivity index (χ1) is 17.3. The van der Waals surface area contributed by atoms with Gasteiger partial charge in [0.15, 0.2) is 0 Å². The van der Waals surface area contributed by atoms with E-state index in [0.717, 1.165) is 18.4 Å². The van der Waals surface area contributed by atoms with Gasteiger partial charge in [-0.25, -0.2) is 18.1 Å². The van der Waals surface area contributed by atoms with Gasteiger partial charge in [0.05, 0.1) is 10.9 Å². The summed E-state index contributed by atoms with van der Waals surface area (Å²) in [6.07, 6.45) is 1.84. The van der Waals surface area contributed by atoms with Gasteiger partial charge in [-0.05, 0) is 25.5 Å². The highest BCUT2D eigenvalue weighted by atomic mass is 32.2. The molecule has 0 aliphatic carbocycles. The first-order valence-corrected chi connectivity index (χ1v) is 13.5. The van der Waals surface area contributed by atoms with E-state index in [1.807, 2.05) is 37.3 Å². The van der Waals surface area contributed by atoms with Gasteiger partial charge in [0.1, 0.15) is 17.2 Å². The maximum atomic E-state index is 13.4. The first kappa shape index (κ1) is 27.1. The lowest BCUT2D eigenvalue weighted by Crippen LogP contribution is -2.32. The van der Waals surface area contributed by atoms with Gasteiger partial charge in [0.2, 0.25) is 15.9 Å². The van der Waals surface area contributed by atoms with E-state index in [9.17, 15) is 18.0 Å². The number of unbranched alkanes of at least 4 members (excludes halogenated alkanes) is 1. The second-order valence-corrected chi connectivity index (χ2v) is 10.1. The summed E-state index contributed by atoms with van der Waals surface area (Å²) in [6.45, 7) is 4.36. The Labute approximate surface area is 212 Å². The lowest BCUT2D eigenvalue weighted by molar-refractivity contribution is -0.120. The number of nitrogens with zero attached hydrogens (tertiary/aromatic N) is 2. The minimum absolute atomic E-state index is 0.0987. The number of nitrogens with one attached hydrogen (secondary N) is 3. The molecule has 3 aromatic rings. The van der Waals surface area contributed by atoms with Crippen LogP contribution in [0.4, 0.5) is 0 Å². The zero-order valence-electron chi connectivity index (χ0n) is 20.8. The molecule has 1 aromatic heterocycles. The Bertz CT molecular complexity index is 1270. The van der Waals surface area contributed by atoms with Gasteiger partial charge in [-0.2, -0.15) is 0 Å². The molecule has 192 valence electrons. The van der Waals surface area contributed by atoms with Gasteiger partial charge in [0.25, 0.3) is 5.91 Å². The summed E-state index contributed by atoms with van der Waals surface area (Å²) in [5.41, 5.74) is 1.44. The van der Waals surface area contributed by atoms with Crippen molar-refractivity contribution in [3.05, 3.63) is 72.2 Å². The number of benzene rings is 2. The molecule has 1 unspecified atom stereocenters. The zero-order valence-corrected chi connectivity index (χ0v) is 21.6. The lowest BCUT2D eigenvalue weighted by Gasteiger charge is -2.17. The smallest absolute Gasteiger partial charge is 0.270 e. The predicted octanol–water partition coefficient (Wildman–Crippen LogP) is 3.26. The number of rotatable bonds is 12. The van der Waals surface area contributed by atoms with Gasteiger partial charge in [-0.1, -0.05) is 61.9 Å². The molecular weight excluding hydrogens is 478 g/mol. The lowest BCUT2D eigenvalue weighted by atomic mass is 10.1. The number of hydrogen-bond acceptors (Lipinski definition) is 5. The van der Waals surface area contributed by atoms with Crippen molar-refractivity contribution >= 4 is 21.8 Å². The van der Waals surface area contributed by atoms with Gasteiger partial charge in [-0.3, -0.25) is 9.59 Å². The fraction of sp³-hybridized carbons (Fsp3) is 0.346. The highest BCUT2D eigenvalue weighted by molar-refractivity contribution is 7.89. The molecule has 2 amide bonds. The quantitative estimate of drug-likeness (QED) is 0.322. The monoisotopic (exact) mass is 511 g/mol. The average molecular weight is 512 g/mol. The van der Waals surface area contributed by atoms with Crippen LogP contribution in [0.5, 0.6) is 0 Å². The first-order valence-electron chi connectivity index (χ1n) is 12.0. The van der Waals surface area contributed by atoms with Crippen molar-refractivity contribution in [3.63, 3.8) is 0 Å². The summed E-state index contributed by atoms with van der Waals surface area (Å²) in [6, 6.07) is 16.5. The molecule has 0 radical (unpaired) electrons. The van der Waals surface area contributed by atoms with Crippen molar-refractivity contribution < 1.29 is 18.0 Å². The molecule has 2 aromatic carbocycles. The molecular formula is C26H33N5O4S. The molecule has 3 N–H and O–H groups in total. The van der Waals surface area contributed by atoms with Crippen LogP contribution in [0.3, 0.4) is 0 Å². The van der Waals surface area contributed by atoms with E-state index < -0.39 is 16.1 Å². The SMILES string of the molecule is CCCCNC(=O)c1c(-c2ccccc2)nc(C(C)NS(=O)(=O)c2ccccc2)n1CCC(=O)NC. The molecule has 36 heavy (non-hydrogen) atoms. The van der Waals surface area contributed by atoms with Crippen LogP contribution in [0.25, 0.3) is 11.3 Å². The molecule has 0 fully saturated rings. The van der Waals surface area contributed by atoms with Crippen molar-refractivity contribution in [2.24, 2.45) is 0 Å². The van der Waals surface area contributed by atoms with Gasteiger partial charge in [0, 0.05) is 32.1 Å². The topological polar surface area (TPSA) is 122 Å². The number of amides is 2. The maximum absolute atomic E-state index is 13.4. The molecule has 0 saturated carbocycles. The Kier molecular flexibility index (Phi) is 9.38. The van der Waals surface area contributed by atoms with Crippen LogP contribution in [-0.4, -0.2) is 43.4 Å². The van der Waals surface area contributed by atoms with Crippen LogP contribution in [0.1, 0.15) is 55.5 Å². The molecule has 3 rings (SSSR count). The molecule has 0 saturated heterocycles. The fourth-order valence-electron chi connectivity index (χ4n) is 3.81. The number of sulfonamides is 1. The van der Waals surface area contributed by atoms with E-state index in [4.69, 9.17) is 4.98 Å². The molecule has 9 nitrogen and oxygen atoms in total. The van der Waals surface area contributed by atoms with Crippen LogP contribution < -0.4 is 15.4 Å². The Balaban J connectivity index is 2.10. The third-order valence-electron chi connectivity index (χ3n) is 5.69. The van der Waals surface area contributed by atoms with E-state index in [0.29, 0.717) is 23.8 Å². The summed E-state index contributed by atoms with van der Waals surface area (Å²) in [5.74, 6) is -0.181. The number of hydrogen-bond donors (Lipinski definition) is 3. The third kappa shape index (κ3) is 6.58.